The zero-order chi connectivity index (χ0) is 14.1. The number of hydrogen-bond acceptors (Lipinski definition) is 4. The Balaban J connectivity index is 1.89. The van der Waals surface area contributed by atoms with Crippen LogP contribution in [0.4, 0.5) is 5.69 Å². The summed E-state index contributed by atoms with van der Waals surface area (Å²) in [7, 11) is 0. The fourth-order valence-electron chi connectivity index (χ4n) is 1.72. The first-order valence-corrected chi connectivity index (χ1v) is 6.26. The molecule has 6 nitrogen and oxygen atoms in total. The lowest BCUT2D eigenvalue weighted by Crippen LogP contribution is -2.13. The molecule has 7 heteroatoms. The first kappa shape index (κ1) is 12.6. The van der Waals surface area contributed by atoms with E-state index in [-0.39, 0.29) is 5.82 Å². The quantitative estimate of drug-likeness (QED) is 0.785. The van der Waals surface area contributed by atoms with Crippen LogP contribution >= 0.6 is 11.6 Å². The number of aryl methyl sites for hydroxylation is 1. The lowest BCUT2D eigenvalue weighted by atomic mass is 10.3. The standard InChI is InChI=1S/C13H10ClN5O/c1-8-6-7-15-13-17-11(18-19(8)13)12(20)16-10-4-2-9(14)3-5-10/h2-7H,1H3,(H,16,20). The Morgan fingerprint density at radius 1 is 1.25 bits per heavy atom. The van der Waals surface area contributed by atoms with Crippen molar-refractivity contribution >= 4 is 29.0 Å². The summed E-state index contributed by atoms with van der Waals surface area (Å²) in [6.07, 6.45) is 1.63. The minimum atomic E-state index is -0.391. The van der Waals surface area contributed by atoms with Gasteiger partial charge in [-0.1, -0.05) is 11.6 Å². The molecule has 20 heavy (non-hydrogen) atoms. The summed E-state index contributed by atoms with van der Waals surface area (Å²) in [5, 5.41) is 7.44. The number of aromatic nitrogens is 4. The van der Waals surface area contributed by atoms with Crippen LogP contribution in [0.1, 0.15) is 16.3 Å². The molecular weight excluding hydrogens is 278 g/mol. The van der Waals surface area contributed by atoms with Crippen molar-refractivity contribution in [1.29, 1.82) is 0 Å². The highest BCUT2D eigenvalue weighted by molar-refractivity contribution is 6.30. The highest BCUT2D eigenvalue weighted by Gasteiger charge is 2.14. The fourth-order valence-corrected chi connectivity index (χ4v) is 1.85. The van der Waals surface area contributed by atoms with E-state index in [0.717, 1.165) is 5.69 Å². The third-order valence-corrected chi connectivity index (χ3v) is 2.99. The minimum Gasteiger partial charge on any atom is -0.319 e. The van der Waals surface area contributed by atoms with Crippen molar-refractivity contribution in [2.24, 2.45) is 0 Å². The Morgan fingerprint density at radius 2 is 2.00 bits per heavy atom. The van der Waals surface area contributed by atoms with E-state index >= 15 is 0 Å². The summed E-state index contributed by atoms with van der Waals surface area (Å²) < 4.78 is 1.52. The predicted molar refractivity (Wildman–Crippen MR) is 74.9 cm³/mol. The number of hydrogen-bond donors (Lipinski definition) is 1. The van der Waals surface area contributed by atoms with Gasteiger partial charge >= 0.3 is 0 Å². The van der Waals surface area contributed by atoms with Crippen LogP contribution in [-0.4, -0.2) is 25.5 Å². The number of nitrogens with zero attached hydrogens (tertiary/aromatic N) is 4. The second kappa shape index (κ2) is 4.90. The van der Waals surface area contributed by atoms with Crippen LogP contribution in [-0.2, 0) is 0 Å². The van der Waals surface area contributed by atoms with E-state index in [0.29, 0.717) is 16.5 Å². The number of amides is 1. The number of fused-ring (bicyclic) bond motifs is 1. The normalized spacial score (nSPS) is 10.7. The number of halogens is 1. The topological polar surface area (TPSA) is 72.2 Å². The fraction of sp³-hybridized carbons (Fsp3) is 0.0769. The highest BCUT2D eigenvalue weighted by Crippen LogP contribution is 2.14. The summed E-state index contributed by atoms with van der Waals surface area (Å²) in [6.45, 7) is 1.87. The smallest absolute Gasteiger partial charge is 0.295 e. The molecule has 0 saturated carbocycles. The molecule has 0 aliphatic rings. The third-order valence-electron chi connectivity index (χ3n) is 2.74. The van der Waals surface area contributed by atoms with Crippen molar-refractivity contribution in [2.75, 3.05) is 5.32 Å². The maximum absolute atomic E-state index is 12.1. The summed E-state index contributed by atoms with van der Waals surface area (Å²) in [5.41, 5.74) is 1.48. The zero-order valence-corrected chi connectivity index (χ0v) is 11.3. The summed E-state index contributed by atoms with van der Waals surface area (Å²) in [6, 6.07) is 8.60. The second-order valence-corrected chi connectivity index (χ2v) is 4.63. The van der Waals surface area contributed by atoms with Crippen LogP contribution in [0.3, 0.4) is 0 Å². The first-order chi connectivity index (χ1) is 9.63. The van der Waals surface area contributed by atoms with Crippen molar-refractivity contribution in [3.05, 3.63) is 53.1 Å². The lowest BCUT2D eigenvalue weighted by molar-refractivity contribution is 0.101. The SMILES string of the molecule is Cc1ccnc2nc(C(=O)Nc3ccc(Cl)cc3)nn12. The van der Waals surface area contributed by atoms with E-state index in [2.05, 4.69) is 20.4 Å². The molecule has 3 aromatic rings. The lowest BCUT2D eigenvalue weighted by Gasteiger charge is -2.01. The molecule has 1 aromatic carbocycles. The van der Waals surface area contributed by atoms with Crippen LogP contribution in [0.15, 0.2) is 36.5 Å². The highest BCUT2D eigenvalue weighted by atomic mass is 35.5. The van der Waals surface area contributed by atoms with Gasteiger partial charge in [-0.05, 0) is 37.3 Å². The minimum absolute atomic E-state index is 0.0711. The van der Waals surface area contributed by atoms with Crippen molar-refractivity contribution in [3.63, 3.8) is 0 Å². The van der Waals surface area contributed by atoms with Crippen LogP contribution < -0.4 is 5.32 Å². The number of rotatable bonds is 2. The number of carbonyl (C=O) groups excluding carboxylic acids is 1. The number of benzene rings is 1. The van der Waals surface area contributed by atoms with Crippen LogP contribution in [0.2, 0.25) is 5.02 Å². The number of carbonyl (C=O) groups is 1. The monoisotopic (exact) mass is 287 g/mol. The molecule has 0 spiro atoms. The molecule has 2 heterocycles. The van der Waals surface area contributed by atoms with Crippen molar-refractivity contribution in [1.82, 2.24) is 19.6 Å². The van der Waals surface area contributed by atoms with Gasteiger partial charge in [0.2, 0.25) is 5.82 Å². The van der Waals surface area contributed by atoms with Crippen molar-refractivity contribution in [2.45, 2.75) is 6.92 Å². The van der Waals surface area contributed by atoms with E-state index in [1.165, 1.54) is 4.52 Å². The first-order valence-electron chi connectivity index (χ1n) is 5.89. The van der Waals surface area contributed by atoms with Crippen molar-refractivity contribution < 1.29 is 4.79 Å². The Kier molecular flexibility index (Phi) is 3.08. The van der Waals surface area contributed by atoms with Crippen molar-refractivity contribution in [3.8, 4) is 0 Å². The summed E-state index contributed by atoms with van der Waals surface area (Å²) >= 11 is 5.79. The van der Waals surface area contributed by atoms with E-state index in [1.807, 2.05) is 6.92 Å². The molecule has 1 N–H and O–H groups in total. The predicted octanol–water partition coefficient (Wildman–Crippen LogP) is 2.34. The number of anilines is 1. The van der Waals surface area contributed by atoms with E-state index in [1.54, 1.807) is 36.5 Å². The summed E-state index contributed by atoms with van der Waals surface area (Å²) in [4.78, 5) is 20.2. The molecule has 2 aromatic heterocycles. The van der Waals surface area contributed by atoms with Gasteiger partial charge in [0, 0.05) is 22.6 Å². The van der Waals surface area contributed by atoms with E-state index < -0.39 is 5.91 Å². The largest absolute Gasteiger partial charge is 0.319 e. The second-order valence-electron chi connectivity index (χ2n) is 4.19. The van der Waals surface area contributed by atoms with Gasteiger partial charge < -0.3 is 5.32 Å². The molecule has 0 saturated heterocycles. The molecular formula is C13H10ClN5O. The molecule has 3 rings (SSSR count). The summed E-state index contributed by atoms with van der Waals surface area (Å²) in [5.74, 6) is 0.0743. The molecule has 0 bridgehead atoms. The van der Waals surface area contributed by atoms with E-state index in [9.17, 15) is 4.79 Å². The average Bonchev–Trinajstić information content (AvgIpc) is 2.87. The van der Waals surface area contributed by atoms with Gasteiger partial charge in [-0.3, -0.25) is 4.79 Å². The molecule has 0 aliphatic heterocycles. The molecule has 0 fully saturated rings. The molecule has 0 aliphatic carbocycles. The maximum Gasteiger partial charge on any atom is 0.295 e. The van der Waals surface area contributed by atoms with E-state index in [4.69, 9.17) is 11.6 Å². The number of nitrogens with one attached hydrogen (secondary N) is 1. The Morgan fingerprint density at radius 3 is 2.70 bits per heavy atom. The van der Waals surface area contributed by atoms with Gasteiger partial charge in [-0.25, -0.2) is 9.50 Å². The Labute approximate surface area is 119 Å². The van der Waals surface area contributed by atoms with Crippen LogP contribution in [0.5, 0.6) is 0 Å². The zero-order valence-electron chi connectivity index (χ0n) is 10.5. The molecule has 0 atom stereocenters. The molecule has 100 valence electrons. The van der Waals surface area contributed by atoms with Gasteiger partial charge in [0.05, 0.1) is 0 Å². The third kappa shape index (κ3) is 2.33. The Hall–Kier alpha value is -2.47. The van der Waals surface area contributed by atoms with Crippen LogP contribution in [0, 0.1) is 6.92 Å². The van der Waals surface area contributed by atoms with Gasteiger partial charge in [0.15, 0.2) is 0 Å². The van der Waals surface area contributed by atoms with Gasteiger partial charge in [-0.2, -0.15) is 4.98 Å². The Bertz CT molecular complexity index is 781. The van der Waals surface area contributed by atoms with Crippen LogP contribution in [0.25, 0.3) is 5.78 Å². The van der Waals surface area contributed by atoms with Gasteiger partial charge in [-0.15, -0.1) is 5.10 Å². The molecule has 0 unspecified atom stereocenters. The molecule has 1 amide bonds. The van der Waals surface area contributed by atoms with Gasteiger partial charge in [0.25, 0.3) is 11.7 Å². The molecule has 0 radical (unpaired) electrons. The maximum atomic E-state index is 12.1. The average molecular weight is 288 g/mol. The van der Waals surface area contributed by atoms with Gasteiger partial charge in [0.1, 0.15) is 0 Å².